The second kappa shape index (κ2) is 5.51. The Morgan fingerprint density at radius 2 is 2.17 bits per heavy atom. The first-order chi connectivity index (χ1) is 8.66. The molecule has 0 atom stereocenters. The number of nitrogens with one attached hydrogen (secondary N) is 1. The predicted molar refractivity (Wildman–Crippen MR) is 71.0 cm³/mol. The first kappa shape index (κ1) is 12.4. The third-order valence-corrected chi connectivity index (χ3v) is 2.57. The fourth-order valence-electron chi connectivity index (χ4n) is 1.52. The number of pyridine rings is 1. The Balaban J connectivity index is 2.13. The molecule has 0 radical (unpaired) electrons. The molecule has 0 saturated heterocycles. The van der Waals surface area contributed by atoms with E-state index in [0.29, 0.717) is 23.1 Å². The first-order valence-electron chi connectivity index (χ1n) is 5.33. The van der Waals surface area contributed by atoms with Crippen molar-refractivity contribution in [2.75, 3.05) is 0 Å². The van der Waals surface area contributed by atoms with Gasteiger partial charge in [0.2, 0.25) is 0 Å². The molecule has 0 bridgehead atoms. The number of rotatable bonds is 4. The topological polar surface area (TPSA) is 72.0 Å². The van der Waals surface area contributed by atoms with Gasteiger partial charge in [-0.1, -0.05) is 23.7 Å². The molecule has 0 fully saturated rings. The number of nitrogen functional groups attached to an aromatic ring is 1. The molecule has 2 aromatic rings. The summed E-state index contributed by atoms with van der Waals surface area (Å²) >= 11 is 5.86. The van der Waals surface area contributed by atoms with Gasteiger partial charge in [-0.2, -0.15) is 0 Å². The standard InChI is InChI=1S/C13H12ClN3O/c14-10-4-1-5-11(7-10)18-8-9-3-2-6-17-12(9)13(15)16/h1-7H,8H2,(H3,15,16). The average Bonchev–Trinajstić information content (AvgIpc) is 2.37. The molecule has 18 heavy (non-hydrogen) atoms. The zero-order chi connectivity index (χ0) is 13.0. The lowest BCUT2D eigenvalue weighted by molar-refractivity contribution is 0.305. The summed E-state index contributed by atoms with van der Waals surface area (Å²) in [4.78, 5) is 4.05. The molecule has 0 aliphatic heterocycles. The van der Waals surface area contributed by atoms with Crippen molar-refractivity contribution in [2.24, 2.45) is 5.73 Å². The molecule has 1 aromatic heterocycles. The van der Waals surface area contributed by atoms with Crippen LogP contribution in [0.1, 0.15) is 11.3 Å². The Labute approximate surface area is 110 Å². The van der Waals surface area contributed by atoms with Crippen LogP contribution in [0.4, 0.5) is 0 Å². The molecule has 0 unspecified atom stereocenters. The summed E-state index contributed by atoms with van der Waals surface area (Å²) in [5.41, 5.74) is 6.66. The van der Waals surface area contributed by atoms with E-state index >= 15 is 0 Å². The molecule has 4 nitrogen and oxygen atoms in total. The van der Waals surface area contributed by atoms with Crippen LogP contribution in [0, 0.1) is 5.41 Å². The van der Waals surface area contributed by atoms with E-state index in [-0.39, 0.29) is 5.84 Å². The predicted octanol–water partition coefficient (Wildman–Crippen LogP) is 2.60. The van der Waals surface area contributed by atoms with Crippen LogP contribution in [-0.2, 0) is 6.61 Å². The normalized spacial score (nSPS) is 10.1. The molecule has 1 heterocycles. The summed E-state index contributed by atoms with van der Waals surface area (Å²) in [7, 11) is 0. The maximum atomic E-state index is 7.43. The van der Waals surface area contributed by atoms with Crippen molar-refractivity contribution in [1.82, 2.24) is 4.98 Å². The van der Waals surface area contributed by atoms with E-state index in [1.165, 1.54) is 0 Å². The molecule has 3 N–H and O–H groups in total. The van der Waals surface area contributed by atoms with Crippen LogP contribution >= 0.6 is 11.6 Å². The molecule has 0 spiro atoms. The van der Waals surface area contributed by atoms with Gasteiger partial charge in [-0.05, 0) is 24.3 Å². The van der Waals surface area contributed by atoms with E-state index in [1.54, 1.807) is 24.4 Å². The quantitative estimate of drug-likeness (QED) is 0.656. The third-order valence-electron chi connectivity index (χ3n) is 2.34. The van der Waals surface area contributed by atoms with Crippen molar-refractivity contribution in [3.8, 4) is 5.75 Å². The third kappa shape index (κ3) is 2.99. The average molecular weight is 262 g/mol. The van der Waals surface area contributed by atoms with Crippen molar-refractivity contribution in [2.45, 2.75) is 6.61 Å². The highest BCUT2D eigenvalue weighted by Gasteiger charge is 2.06. The molecule has 2 rings (SSSR count). The number of hydrogen-bond acceptors (Lipinski definition) is 3. The molecule has 92 valence electrons. The van der Waals surface area contributed by atoms with Gasteiger partial charge in [0.25, 0.3) is 0 Å². The Bertz CT molecular complexity index is 572. The molecule has 0 aliphatic rings. The van der Waals surface area contributed by atoms with E-state index in [9.17, 15) is 0 Å². The molecule has 0 saturated carbocycles. The minimum atomic E-state index is -0.0692. The number of nitrogens with zero attached hydrogens (tertiary/aromatic N) is 1. The van der Waals surface area contributed by atoms with Crippen molar-refractivity contribution in [1.29, 1.82) is 5.41 Å². The lowest BCUT2D eigenvalue weighted by Crippen LogP contribution is -2.16. The van der Waals surface area contributed by atoms with E-state index in [2.05, 4.69) is 4.98 Å². The fraction of sp³-hybridized carbons (Fsp3) is 0.0769. The maximum Gasteiger partial charge on any atom is 0.142 e. The smallest absolute Gasteiger partial charge is 0.142 e. The summed E-state index contributed by atoms with van der Waals surface area (Å²) in [6, 6.07) is 10.7. The number of benzene rings is 1. The highest BCUT2D eigenvalue weighted by Crippen LogP contribution is 2.18. The Kier molecular flexibility index (Phi) is 3.79. The van der Waals surface area contributed by atoms with E-state index in [4.69, 9.17) is 27.5 Å². The minimum absolute atomic E-state index is 0.0692. The maximum absolute atomic E-state index is 7.43. The Morgan fingerprint density at radius 3 is 2.89 bits per heavy atom. The second-order valence-electron chi connectivity index (χ2n) is 3.67. The second-order valence-corrected chi connectivity index (χ2v) is 4.11. The molecular formula is C13H12ClN3O. The zero-order valence-corrected chi connectivity index (χ0v) is 10.3. The SMILES string of the molecule is N=C(N)c1ncccc1COc1cccc(Cl)c1. The highest BCUT2D eigenvalue weighted by molar-refractivity contribution is 6.30. The van der Waals surface area contributed by atoms with Crippen LogP contribution in [0.2, 0.25) is 5.02 Å². The monoisotopic (exact) mass is 261 g/mol. The molecule has 0 aliphatic carbocycles. The van der Waals surface area contributed by atoms with Gasteiger partial charge in [0.1, 0.15) is 23.9 Å². The fourth-order valence-corrected chi connectivity index (χ4v) is 1.70. The van der Waals surface area contributed by atoms with Crippen molar-refractivity contribution in [3.05, 3.63) is 58.9 Å². The number of ether oxygens (including phenoxy) is 1. The summed E-state index contributed by atoms with van der Waals surface area (Å²) in [5.74, 6) is 0.598. The first-order valence-corrected chi connectivity index (χ1v) is 5.71. The summed E-state index contributed by atoms with van der Waals surface area (Å²) in [6.45, 7) is 0.295. The minimum Gasteiger partial charge on any atom is -0.489 e. The number of hydrogen-bond donors (Lipinski definition) is 2. The van der Waals surface area contributed by atoms with Gasteiger partial charge in [0.15, 0.2) is 0 Å². The lowest BCUT2D eigenvalue weighted by Gasteiger charge is -2.09. The van der Waals surface area contributed by atoms with Crippen LogP contribution in [-0.4, -0.2) is 10.8 Å². The Morgan fingerprint density at radius 1 is 1.33 bits per heavy atom. The van der Waals surface area contributed by atoms with Crippen LogP contribution in [0.3, 0.4) is 0 Å². The van der Waals surface area contributed by atoms with Crippen molar-refractivity contribution >= 4 is 17.4 Å². The van der Waals surface area contributed by atoms with Crippen LogP contribution in [0.25, 0.3) is 0 Å². The van der Waals surface area contributed by atoms with Gasteiger partial charge in [-0.25, -0.2) is 0 Å². The number of nitrogens with two attached hydrogens (primary N) is 1. The van der Waals surface area contributed by atoms with Gasteiger partial charge in [0.05, 0.1) is 0 Å². The number of halogens is 1. The van der Waals surface area contributed by atoms with Gasteiger partial charge in [0, 0.05) is 16.8 Å². The molecule has 0 amide bonds. The van der Waals surface area contributed by atoms with Gasteiger partial charge in [-0.15, -0.1) is 0 Å². The van der Waals surface area contributed by atoms with Crippen molar-refractivity contribution < 1.29 is 4.74 Å². The Hall–Kier alpha value is -2.07. The molecular weight excluding hydrogens is 250 g/mol. The zero-order valence-electron chi connectivity index (χ0n) is 9.56. The van der Waals surface area contributed by atoms with E-state index < -0.39 is 0 Å². The van der Waals surface area contributed by atoms with Gasteiger partial charge >= 0.3 is 0 Å². The van der Waals surface area contributed by atoms with E-state index in [0.717, 1.165) is 5.56 Å². The summed E-state index contributed by atoms with van der Waals surface area (Å²) < 4.78 is 5.59. The summed E-state index contributed by atoms with van der Waals surface area (Å²) in [6.07, 6.45) is 1.60. The van der Waals surface area contributed by atoms with Crippen molar-refractivity contribution in [3.63, 3.8) is 0 Å². The van der Waals surface area contributed by atoms with Crippen LogP contribution in [0.15, 0.2) is 42.6 Å². The summed E-state index contributed by atoms with van der Waals surface area (Å²) in [5, 5.41) is 8.05. The number of aromatic nitrogens is 1. The van der Waals surface area contributed by atoms with Crippen LogP contribution in [0.5, 0.6) is 5.75 Å². The largest absolute Gasteiger partial charge is 0.489 e. The number of amidine groups is 1. The lowest BCUT2D eigenvalue weighted by atomic mass is 10.2. The molecule has 5 heteroatoms. The van der Waals surface area contributed by atoms with Crippen LogP contribution < -0.4 is 10.5 Å². The molecule has 1 aromatic carbocycles. The highest BCUT2D eigenvalue weighted by atomic mass is 35.5. The van der Waals surface area contributed by atoms with Gasteiger partial charge in [-0.3, -0.25) is 10.4 Å². The van der Waals surface area contributed by atoms with Gasteiger partial charge < -0.3 is 10.5 Å². The van der Waals surface area contributed by atoms with E-state index in [1.807, 2.05) is 18.2 Å².